The van der Waals surface area contributed by atoms with Crippen molar-refractivity contribution in [3.05, 3.63) is 208 Å². The van der Waals surface area contributed by atoms with Crippen LogP contribution in [0.3, 0.4) is 0 Å². The minimum Gasteiger partial charge on any atom is -0.497 e. The van der Waals surface area contributed by atoms with Crippen LogP contribution in [-0.4, -0.2) is 19.4 Å². The first kappa shape index (κ1) is 49.6. The van der Waals surface area contributed by atoms with Crippen LogP contribution in [0.5, 0.6) is 17.2 Å². The van der Waals surface area contributed by atoms with E-state index < -0.39 is 17.4 Å². The number of anilines is 1. The van der Waals surface area contributed by atoms with E-state index in [-0.39, 0.29) is 11.7 Å². The highest BCUT2D eigenvalue weighted by atomic mass is 19.4. The summed E-state index contributed by atoms with van der Waals surface area (Å²) in [5.74, 6) is 2.44. The number of hydrogen-bond acceptors (Lipinski definition) is 4. The molecule has 1 unspecified atom stereocenters. The van der Waals surface area contributed by atoms with Crippen LogP contribution in [0.1, 0.15) is 127 Å². The standard InChI is InChI=1S/C67H62F3NO4/c1-6-7-8-9-43-11-13-44(14-12-43)45-15-17-46(18-16-45)47-19-21-49(22-20-47)64(72)71-53-30-23-48(24-31-53)50-25-37-60-59(41-50)61-56-36-10-42(2)40-58(56)63-57(62(61)65(60,3)4)38-39-66(75-63,51-26-32-54(73-5)33-27-51)52-28-34-55(35-29-52)74-67(68,69)70/h10,15-41,43-44H,6-9,11-14H2,1-5H3,(H,71,72). The summed E-state index contributed by atoms with van der Waals surface area (Å²) in [5, 5.41) is 5.08. The van der Waals surface area contributed by atoms with Gasteiger partial charge in [-0.05, 0) is 167 Å². The minimum atomic E-state index is -4.82. The molecular weight excluding hydrogens is 940 g/mol. The van der Waals surface area contributed by atoms with Crippen molar-refractivity contribution in [2.45, 2.75) is 102 Å². The maximum Gasteiger partial charge on any atom is 0.573 e. The maximum atomic E-state index is 13.6. The first-order valence-corrected chi connectivity index (χ1v) is 26.5. The van der Waals surface area contributed by atoms with Crippen molar-refractivity contribution in [2.24, 2.45) is 5.92 Å². The summed E-state index contributed by atoms with van der Waals surface area (Å²) in [5.41, 5.74) is 13.5. The van der Waals surface area contributed by atoms with Gasteiger partial charge in [0, 0.05) is 38.7 Å². The Morgan fingerprint density at radius 3 is 1.95 bits per heavy atom. The smallest absolute Gasteiger partial charge is 0.497 e. The predicted molar refractivity (Wildman–Crippen MR) is 297 cm³/mol. The number of hydrogen-bond donors (Lipinski definition) is 1. The Kier molecular flexibility index (Phi) is 13.2. The van der Waals surface area contributed by atoms with Crippen LogP contribution in [0.15, 0.2) is 164 Å². The monoisotopic (exact) mass is 1000 g/mol. The third-order valence-electron chi connectivity index (χ3n) is 16.2. The fourth-order valence-corrected chi connectivity index (χ4v) is 12.2. The van der Waals surface area contributed by atoms with Gasteiger partial charge in [0.2, 0.25) is 0 Å². The first-order chi connectivity index (χ1) is 36.2. The molecule has 11 rings (SSSR count). The lowest BCUT2D eigenvalue weighted by atomic mass is 9.76. The van der Waals surface area contributed by atoms with Crippen LogP contribution in [0.2, 0.25) is 0 Å². The highest BCUT2D eigenvalue weighted by Crippen LogP contribution is 2.59. The van der Waals surface area contributed by atoms with E-state index in [1.807, 2.05) is 66.7 Å². The van der Waals surface area contributed by atoms with E-state index in [9.17, 15) is 18.0 Å². The number of ether oxygens (including phenoxy) is 3. The Labute approximate surface area is 438 Å². The number of carbonyl (C=O) groups is 1. The van der Waals surface area contributed by atoms with Crippen molar-refractivity contribution >= 4 is 28.4 Å². The van der Waals surface area contributed by atoms with Crippen LogP contribution in [-0.2, 0) is 11.0 Å². The first-order valence-electron chi connectivity index (χ1n) is 26.5. The second kappa shape index (κ2) is 19.9. The number of unbranched alkanes of at least 4 members (excludes halogenated alkanes) is 2. The predicted octanol–water partition coefficient (Wildman–Crippen LogP) is 18.2. The molecule has 8 heteroatoms. The normalized spacial score (nSPS) is 18.4. The molecule has 1 N–H and O–H groups in total. The number of nitrogens with one attached hydrogen (secondary N) is 1. The van der Waals surface area contributed by atoms with E-state index in [4.69, 9.17) is 9.47 Å². The van der Waals surface area contributed by atoms with Gasteiger partial charge < -0.3 is 19.5 Å². The van der Waals surface area contributed by atoms with Crippen molar-refractivity contribution in [2.75, 3.05) is 12.4 Å². The zero-order valence-electron chi connectivity index (χ0n) is 43.2. The second-order valence-corrected chi connectivity index (χ2v) is 21.3. The highest BCUT2D eigenvalue weighted by molar-refractivity contribution is 6.09. The summed E-state index contributed by atoms with van der Waals surface area (Å²) in [6.45, 7) is 8.84. The largest absolute Gasteiger partial charge is 0.573 e. The van der Waals surface area contributed by atoms with Gasteiger partial charge in [0.1, 0.15) is 17.2 Å². The SMILES string of the molecule is CCCCCC1CCC(c2ccc(-c3ccc(C(=O)Nc4ccc(-c5ccc6c(c5)-c5c(c7c(c8cc(C)ccc58)OC(c5ccc(OC)cc5)(c5ccc(OC(F)(F)F)cc5)C=C7)C6(C)C)cc4)cc3)cc2)CC1. The summed E-state index contributed by atoms with van der Waals surface area (Å²) in [7, 11) is 1.60. The number of benzene rings is 8. The van der Waals surface area contributed by atoms with Crippen molar-refractivity contribution < 1.29 is 32.2 Å². The fourth-order valence-electron chi connectivity index (χ4n) is 12.2. The molecule has 1 fully saturated rings. The third kappa shape index (κ3) is 9.60. The van der Waals surface area contributed by atoms with Crippen LogP contribution in [0.4, 0.5) is 18.9 Å². The molecule has 1 amide bonds. The van der Waals surface area contributed by atoms with Crippen molar-refractivity contribution in [3.8, 4) is 50.6 Å². The lowest BCUT2D eigenvalue weighted by Crippen LogP contribution is -2.35. The average molecular weight is 1000 g/mol. The number of alkyl halides is 3. The average Bonchev–Trinajstić information content (AvgIpc) is 3.67. The molecule has 2 aliphatic carbocycles. The van der Waals surface area contributed by atoms with Gasteiger partial charge in [-0.1, -0.05) is 155 Å². The molecule has 8 aromatic rings. The third-order valence-corrected chi connectivity index (χ3v) is 16.2. The van der Waals surface area contributed by atoms with Crippen LogP contribution in [0, 0.1) is 12.8 Å². The minimum absolute atomic E-state index is 0.163. The van der Waals surface area contributed by atoms with E-state index >= 15 is 0 Å². The van der Waals surface area contributed by atoms with Crippen molar-refractivity contribution in [3.63, 3.8) is 0 Å². The van der Waals surface area contributed by atoms with Gasteiger partial charge in [-0.25, -0.2) is 0 Å². The lowest BCUT2D eigenvalue weighted by Gasteiger charge is -2.38. The molecule has 5 nitrogen and oxygen atoms in total. The van der Waals surface area contributed by atoms with Gasteiger partial charge in [-0.15, -0.1) is 13.2 Å². The molecule has 0 radical (unpaired) electrons. The molecule has 3 aliphatic rings. The summed E-state index contributed by atoms with van der Waals surface area (Å²) >= 11 is 0. The number of aryl methyl sites for hydroxylation is 1. The Bertz CT molecular complexity index is 3420. The second-order valence-electron chi connectivity index (χ2n) is 21.3. The molecule has 1 atom stereocenters. The Hall–Kier alpha value is -7.58. The van der Waals surface area contributed by atoms with Crippen LogP contribution < -0.4 is 19.5 Å². The van der Waals surface area contributed by atoms with Gasteiger partial charge in [0.15, 0.2) is 5.60 Å². The quantitative estimate of drug-likeness (QED) is 0.117. The van der Waals surface area contributed by atoms with Gasteiger partial charge in [0.05, 0.1) is 7.11 Å². The Morgan fingerprint density at radius 2 is 1.31 bits per heavy atom. The number of amides is 1. The van der Waals surface area contributed by atoms with E-state index in [0.717, 1.165) is 72.3 Å². The number of rotatable bonds is 13. The van der Waals surface area contributed by atoms with Crippen molar-refractivity contribution in [1.82, 2.24) is 0 Å². The summed E-state index contributed by atoms with van der Waals surface area (Å²) < 4.78 is 56.9. The Balaban J connectivity index is 0.843. The summed E-state index contributed by atoms with van der Waals surface area (Å²) in [4.78, 5) is 13.6. The summed E-state index contributed by atoms with van der Waals surface area (Å²) in [6.07, 6.45) is 10.00. The number of methoxy groups -OCH3 is 1. The number of halogens is 3. The molecule has 0 saturated heterocycles. The molecule has 0 spiro atoms. The number of fused-ring (bicyclic) bond motifs is 8. The van der Waals surface area contributed by atoms with E-state index in [1.54, 1.807) is 19.2 Å². The molecule has 1 heterocycles. The molecule has 0 bridgehead atoms. The molecule has 8 aromatic carbocycles. The molecule has 1 aliphatic heterocycles. The highest BCUT2D eigenvalue weighted by Gasteiger charge is 2.45. The topological polar surface area (TPSA) is 56.8 Å². The molecular formula is C67H62F3NO4. The van der Waals surface area contributed by atoms with E-state index in [0.29, 0.717) is 34.2 Å². The van der Waals surface area contributed by atoms with Gasteiger partial charge in [-0.3, -0.25) is 4.79 Å². The van der Waals surface area contributed by atoms with Gasteiger partial charge in [-0.2, -0.15) is 0 Å². The zero-order chi connectivity index (χ0) is 52.1. The van der Waals surface area contributed by atoms with Crippen LogP contribution >= 0.6 is 0 Å². The zero-order valence-corrected chi connectivity index (χ0v) is 43.2. The molecule has 75 heavy (non-hydrogen) atoms. The van der Waals surface area contributed by atoms with E-state index in [1.165, 1.54) is 74.6 Å². The molecule has 380 valence electrons. The molecule has 0 aromatic heterocycles. The van der Waals surface area contributed by atoms with Gasteiger partial charge >= 0.3 is 6.36 Å². The summed E-state index contributed by atoms with van der Waals surface area (Å²) in [6, 6.07) is 51.5. The Morgan fingerprint density at radius 1 is 0.693 bits per heavy atom. The fraction of sp³-hybridized carbons (Fsp3) is 0.269. The maximum absolute atomic E-state index is 13.6. The van der Waals surface area contributed by atoms with E-state index in [2.05, 4.69) is 117 Å². The van der Waals surface area contributed by atoms with Crippen molar-refractivity contribution in [1.29, 1.82) is 0 Å². The number of carbonyl (C=O) groups excluding carboxylic acids is 1. The van der Waals surface area contributed by atoms with Crippen LogP contribution in [0.25, 0.3) is 50.2 Å². The van der Waals surface area contributed by atoms with Gasteiger partial charge in [0.25, 0.3) is 5.91 Å². The molecule has 1 saturated carbocycles. The lowest BCUT2D eigenvalue weighted by molar-refractivity contribution is -0.274.